The van der Waals surface area contributed by atoms with Crippen LogP contribution >= 0.6 is 0 Å². The summed E-state index contributed by atoms with van der Waals surface area (Å²) in [6.07, 6.45) is -4.44. The first kappa shape index (κ1) is 22.2. The third-order valence-corrected chi connectivity index (χ3v) is 5.46. The highest BCUT2D eigenvalue weighted by Crippen LogP contribution is 2.25. The van der Waals surface area contributed by atoms with Gasteiger partial charge in [0.25, 0.3) is 0 Å². The molecule has 0 radical (unpaired) electrons. The van der Waals surface area contributed by atoms with Gasteiger partial charge in [-0.05, 0) is 37.5 Å². The molecule has 0 saturated carbocycles. The number of piperazine rings is 1. The zero-order valence-corrected chi connectivity index (χ0v) is 16.8. The summed E-state index contributed by atoms with van der Waals surface area (Å²) in [6.45, 7) is 3.59. The molecule has 6 nitrogen and oxygen atoms in total. The molecule has 0 spiro atoms. The van der Waals surface area contributed by atoms with Crippen LogP contribution in [0.2, 0.25) is 0 Å². The number of amides is 3. The number of anilines is 1. The summed E-state index contributed by atoms with van der Waals surface area (Å²) in [5.74, 6) is -1.27. The average molecular weight is 430 g/mol. The summed E-state index contributed by atoms with van der Waals surface area (Å²) in [5.41, 5.74) is 1.47. The van der Waals surface area contributed by atoms with E-state index in [1.54, 1.807) is 12.1 Å². The van der Waals surface area contributed by atoms with Gasteiger partial charge in [-0.1, -0.05) is 6.07 Å². The van der Waals surface area contributed by atoms with Crippen molar-refractivity contribution in [2.24, 2.45) is 0 Å². The molecule has 10 heteroatoms. The maximum absolute atomic E-state index is 14.2. The number of aryl methyl sites for hydroxylation is 1. The first-order valence-corrected chi connectivity index (χ1v) is 10.0. The third kappa shape index (κ3) is 5.76. The lowest BCUT2D eigenvalue weighted by Crippen LogP contribution is -2.57. The third-order valence-electron chi connectivity index (χ3n) is 5.46. The van der Waals surface area contributed by atoms with E-state index in [2.05, 4.69) is 5.32 Å². The van der Waals surface area contributed by atoms with Gasteiger partial charge in [-0.3, -0.25) is 4.79 Å². The monoisotopic (exact) mass is 430 g/mol. The van der Waals surface area contributed by atoms with Crippen LogP contribution in [0.25, 0.3) is 0 Å². The highest BCUT2D eigenvalue weighted by atomic mass is 19.4. The van der Waals surface area contributed by atoms with Crippen molar-refractivity contribution in [3.05, 3.63) is 29.6 Å². The molecular formula is C20H26F4N4O2. The number of hydrogen-bond acceptors (Lipinski definition) is 3. The molecule has 3 amide bonds. The molecule has 0 aromatic heterocycles. The SMILES string of the molecule is Cc1ccc(F)c(N2CCCC(NC(=O)N3CCN(C(=O)CC(F)(F)F)CC3)C2)c1. The van der Waals surface area contributed by atoms with Crippen LogP contribution < -0.4 is 10.2 Å². The van der Waals surface area contributed by atoms with Gasteiger partial charge in [0.05, 0.1) is 5.69 Å². The van der Waals surface area contributed by atoms with Crippen LogP contribution in [0.5, 0.6) is 0 Å². The molecule has 1 aromatic carbocycles. The molecule has 0 bridgehead atoms. The van der Waals surface area contributed by atoms with Crippen LogP contribution in [0, 0.1) is 12.7 Å². The van der Waals surface area contributed by atoms with E-state index in [9.17, 15) is 27.2 Å². The molecule has 2 saturated heterocycles. The average Bonchev–Trinajstić information content (AvgIpc) is 2.69. The zero-order chi connectivity index (χ0) is 21.9. The van der Waals surface area contributed by atoms with E-state index in [1.165, 1.54) is 11.0 Å². The Balaban J connectivity index is 1.50. The van der Waals surface area contributed by atoms with Gasteiger partial charge >= 0.3 is 12.2 Å². The highest BCUT2D eigenvalue weighted by molar-refractivity contribution is 5.78. The topological polar surface area (TPSA) is 55.9 Å². The molecule has 1 atom stereocenters. The first-order valence-electron chi connectivity index (χ1n) is 10.0. The minimum absolute atomic E-state index is 0.0770. The van der Waals surface area contributed by atoms with Gasteiger partial charge in [0.2, 0.25) is 5.91 Å². The van der Waals surface area contributed by atoms with Crippen molar-refractivity contribution in [3.8, 4) is 0 Å². The van der Waals surface area contributed by atoms with Crippen molar-refractivity contribution in [2.75, 3.05) is 44.2 Å². The van der Waals surface area contributed by atoms with Gasteiger partial charge in [-0.2, -0.15) is 13.2 Å². The second kappa shape index (κ2) is 9.09. The minimum Gasteiger partial charge on any atom is -0.367 e. The second-order valence-corrected chi connectivity index (χ2v) is 7.85. The lowest BCUT2D eigenvalue weighted by Gasteiger charge is -2.38. The van der Waals surface area contributed by atoms with Gasteiger partial charge in [-0.15, -0.1) is 0 Å². The molecule has 0 aliphatic carbocycles. The Hall–Kier alpha value is -2.52. The molecule has 3 rings (SSSR count). The Morgan fingerprint density at radius 2 is 1.77 bits per heavy atom. The van der Waals surface area contributed by atoms with Crippen LogP contribution in [-0.2, 0) is 4.79 Å². The first-order chi connectivity index (χ1) is 14.1. The molecule has 2 aliphatic heterocycles. The number of piperidine rings is 1. The summed E-state index contributed by atoms with van der Waals surface area (Å²) in [5, 5.41) is 2.94. The largest absolute Gasteiger partial charge is 0.397 e. The van der Waals surface area contributed by atoms with E-state index in [1.807, 2.05) is 11.8 Å². The van der Waals surface area contributed by atoms with E-state index >= 15 is 0 Å². The fraction of sp³-hybridized carbons (Fsp3) is 0.600. The van der Waals surface area contributed by atoms with Crippen molar-refractivity contribution >= 4 is 17.6 Å². The van der Waals surface area contributed by atoms with Crippen LogP contribution in [-0.4, -0.2) is 73.2 Å². The van der Waals surface area contributed by atoms with E-state index in [4.69, 9.17) is 0 Å². The smallest absolute Gasteiger partial charge is 0.367 e. The molecule has 2 fully saturated rings. The minimum atomic E-state index is -4.53. The number of nitrogens with one attached hydrogen (secondary N) is 1. The van der Waals surface area contributed by atoms with Crippen LogP contribution in [0.15, 0.2) is 18.2 Å². The van der Waals surface area contributed by atoms with Gasteiger partial charge in [-0.25, -0.2) is 9.18 Å². The number of nitrogens with zero attached hydrogens (tertiary/aromatic N) is 3. The number of urea groups is 1. The number of alkyl halides is 3. The number of hydrogen-bond donors (Lipinski definition) is 1. The number of carbonyl (C=O) groups is 2. The fourth-order valence-electron chi connectivity index (χ4n) is 3.89. The van der Waals surface area contributed by atoms with Crippen LogP contribution in [0.1, 0.15) is 24.8 Å². The molecule has 1 aromatic rings. The van der Waals surface area contributed by atoms with Crippen molar-refractivity contribution < 1.29 is 27.2 Å². The number of benzene rings is 1. The van der Waals surface area contributed by atoms with E-state index in [0.29, 0.717) is 18.8 Å². The van der Waals surface area contributed by atoms with Crippen LogP contribution in [0.3, 0.4) is 0 Å². The summed E-state index contributed by atoms with van der Waals surface area (Å²) >= 11 is 0. The quantitative estimate of drug-likeness (QED) is 0.751. The predicted molar refractivity (Wildman–Crippen MR) is 104 cm³/mol. The lowest BCUT2D eigenvalue weighted by molar-refractivity contribution is -0.162. The van der Waals surface area contributed by atoms with Gasteiger partial charge in [0, 0.05) is 45.3 Å². The Morgan fingerprint density at radius 1 is 1.10 bits per heavy atom. The van der Waals surface area contributed by atoms with Crippen molar-refractivity contribution in [1.29, 1.82) is 0 Å². The van der Waals surface area contributed by atoms with Crippen LogP contribution in [0.4, 0.5) is 28.0 Å². The summed E-state index contributed by atoms with van der Waals surface area (Å²) < 4.78 is 51.3. The normalized spacial score (nSPS) is 20.3. The fourth-order valence-corrected chi connectivity index (χ4v) is 3.89. The second-order valence-electron chi connectivity index (χ2n) is 7.85. The molecule has 2 heterocycles. The summed E-state index contributed by atoms with van der Waals surface area (Å²) in [7, 11) is 0. The van der Waals surface area contributed by atoms with Gasteiger partial charge in [0.1, 0.15) is 12.2 Å². The van der Waals surface area contributed by atoms with E-state index in [0.717, 1.165) is 23.3 Å². The Kier molecular flexibility index (Phi) is 6.72. The summed E-state index contributed by atoms with van der Waals surface area (Å²) in [6, 6.07) is 4.47. The Labute approximate surface area is 172 Å². The zero-order valence-electron chi connectivity index (χ0n) is 16.8. The number of carbonyl (C=O) groups excluding carboxylic acids is 2. The van der Waals surface area contributed by atoms with E-state index < -0.39 is 18.5 Å². The molecule has 1 N–H and O–H groups in total. The van der Waals surface area contributed by atoms with Gasteiger partial charge in [0.15, 0.2) is 0 Å². The van der Waals surface area contributed by atoms with Crippen molar-refractivity contribution in [1.82, 2.24) is 15.1 Å². The maximum Gasteiger partial charge on any atom is 0.397 e. The molecule has 2 aliphatic rings. The molecular weight excluding hydrogens is 404 g/mol. The maximum atomic E-state index is 14.2. The standard InChI is InChI=1S/C20H26F4N4O2/c1-14-4-5-16(21)17(11-14)28-6-2-3-15(13-28)25-19(30)27-9-7-26(8-10-27)18(29)12-20(22,23)24/h4-5,11,15H,2-3,6-10,12-13H2,1H3,(H,25,30). The predicted octanol–water partition coefficient (Wildman–Crippen LogP) is 2.91. The summed E-state index contributed by atoms with van der Waals surface area (Å²) in [4.78, 5) is 28.8. The number of halogens is 4. The molecule has 30 heavy (non-hydrogen) atoms. The Bertz CT molecular complexity index is 779. The van der Waals surface area contributed by atoms with Gasteiger partial charge < -0.3 is 20.0 Å². The number of rotatable bonds is 3. The highest BCUT2D eigenvalue weighted by Gasteiger charge is 2.35. The van der Waals surface area contributed by atoms with E-state index in [-0.39, 0.29) is 44.1 Å². The Morgan fingerprint density at radius 3 is 2.43 bits per heavy atom. The van der Waals surface area contributed by atoms with Crippen molar-refractivity contribution in [2.45, 2.75) is 38.4 Å². The van der Waals surface area contributed by atoms with Crippen molar-refractivity contribution in [3.63, 3.8) is 0 Å². The molecule has 1 unspecified atom stereocenters. The molecule has 166 valence electrons. The lowest BCUT2D eigenvalue weighted by atomic mass is 10.0.